The summed E-state index contributed by atoms with van der Waals surface area (Å²) in [5, 5.41) is 30.3. The van der Waals surface area contributed by atoms with Crippen LogP contribution < -0.4 is 25.4 Å². The van der Waals surface area contributed by atoms with Gasteiger partial charge in [-0.1, -0.05) is 30.3 Å². The molecule has 1 fully saturated rings. The SMILES string of the molecule is COc1ccc(C[C@@H]2C(=O)N[C@H](C)C(=O)N(C)[C@@H]3C(=O)N(C)[C@@H](Cc4ccc(O)c(c4)Oc4ccc(cc4)[C@@H]3O)C(=O)N[C@@H](C)C(=O)N[C@H](C)C(=O)N2C)cc1. The molecule has 56 heavy (non-hydrogen) atoms. The Morgan fingerprint density at radius 3 is 1.93 bits per heavy atom. The normalized spacial score (nSPS) is 25.7. The minimum atomic E-state index is -1.64. The number of nitrogens with zero attached hydrogens (tertiary/aromatic N) is 3. The number of aliphatic hydroxyl groups is 1. The first-order valence-corrected chi connectivity index (χ1v) is 18.1. The number of aromatic hydroxyl groups is 1. The van der Waals surface area contributed by atoms with Crippen molar-refractivity contribution in [2.24, 2.45) is 0 Å². The van der Waals surface area contributed by atoms with E-state index in [-0.39, 0.29) is 29.9 Å². The first-order valence-electron chi connectivity index (χ1n) is 18.1. The number of aliphatic hydroxyl groups excluding tert-OH is 1. The molecule has 16 nitrogen and oxygen atoms in total. The summed E-state index contributed by atoms with van der Waals surface area (Å²) < 4.78 is 11.2. The van der Waals surface area contributed by atoms with E-state index in [1.807, 2.05) is 0 Å². The molecule has 16 heteroatoms. The Labute approximate surface area is 324 Å². The van der Waals surface area contributed by atoms with E-state index >= 15 is 0 Å². The van der Waals surface area contributed by atoms with Crippen molar-refractivity contribution in [3.8, 4) is 23.0 Å². The van der Waals surface area contributed by atoms with Gasteiger partial charge in [0.2, 0.25) is 35.4 Å². The molecular weight excluding hydrogens is 724 g/mol. The van der Waals surface area contributed by atoms with E-state index in [0.717, 1.165) is 9.80 Å². The zero-order chi connectivity index (χ0) is 41.0. The van der Waals surface area contributed by atoms with Crippen LogP contribution in [-0.4, -0.2) is 125 Å². The molecule has 0 aromatic heterocycles. The number of hydrogen-bond donors (Lipinski definition) is 5. The maximum Gasteiger partial charge on any atom is 0.248 e. The van der Waals surface area contributed by atoms with Crippen LogP contribution in [0, 0.1) is 0 Å². The summed E-state index contributed by atoms with van der Waals surface area (Å²) in [6.07, 6.45) is -1.76. The Morgan fingerprint density at radius 2 is 1.30 bits per heavy atom. The number of rotatable bonds is 3. The minimum Gasteiger partial charge on any atom is -0.504 e. The molecule has 3 aromatic rings. The molecule has 6 bridgehead atoms. The fraction of sp³-hybridized carbons (Fsp3) is 0.400. The monoisotopic (exact) mass is 772 g/mol. The molecule has 6 amide bonds. The first-order chi connectivity index (χ1) is 26.5. The summed E-state index contributed by atoms with van der Waals surface area (Å²) in [7, 11) is 5.57. The third-order valence-corrected chi connectivity index (χ3v) is 10.3. The van der Waals surface area contributed by atoms with Crippen LogP contribution in [0.15, 0.2) is 66.7 Å². The van der Waals surface area contributed by atoms with Gasteiger partial charge in [-0.05, 0) is 73.9 Å². The van der Waals surface area contributed by atoms with Crippen molar-refractivity contribution in [3.05, 3.63) is 83.4 Å². The molecule has 3 aliphatic rings. The average Bonchev–Trinajstić information content (AvgIpc) is 3.18. The van der Waals surface area contributed by atoms with Gasteiger partial charge in [0.15, 0.2) is 11.5 Å². The molecule has 7 atom stereocenters. The van der Waals surface area contributed by atoms with Crippen LogP contribution in [0.25, 0.3) is 0 Å². The molecule has 5 N–H and O–H groups in total. The van der Waals surface area contributed by atoms with Crippen molar-refractivity contribution in [1.29, 1.82) is 0 Å². The number of ether oxygens (including phenoxy) is 2. The van der Waals surface area contributed by atoms with Crippen molar-refractivity contribution in [3.63, 3.8) is 0 Å². The van der Waals surface area contributed by atoms with Crippen LogP contribution in [0.3, 0.4) is 0 Å². The summed E-state index contributed by atoms with van der Waals surface area (Å²) in [6.45, 7) is 4.27. The number of fused-ring (bicyclic) bond motifs is 2. The van der Waals surface area contributed by atoms with Gasteiger partial charge in [0.25, 0.3) is 0 Å². The summed E-state index contributed by atoms with van der Waals surface area (Å²) in [4.78, 5) is 87.5. The number of likely N-dealkylation sites (N-methyl/N-ethyl adjacent to an activating group) is 3. The number of phenols is 1. The molecule has 298 valence electrons. The van der Waals surface area contributed by atoms with Crippen molar-refractivity contribution >= 4 is 35.4 Å². The van der Waals surface area contributed by atoms with E-state index in [0.29, 0.717) is 22.6 Å². The number of methoxy groups -OCH3 is 1. The highest BCUT2D eigenvalue weighted by Gasteiger charge is 2.42. The lowest BCUT2D eigenvalue weighted by Gasteiger charge is -2.38. The highest BCUT2D eigenvalue weighted by Crippen LogP contribution is 2.34. The topological polar surface area (TPSA) is 207 Å². The number of nitrogens with one attached hydrogen (secondary N) is 3. The van der Waals surface area contributed by atoms with Crippen molar-refractivity contribution in [2.45, 2.75) is 76.0 Å². The zero-order valence-corrected chi connectivity index (χ0v) is 32.3. The van der Waals surface area contributed by atoms with Crippen molar-refractivity contribution in [1.82, 2.24) is 30.7 Å². The number of phenolic OH excluding ortho intramolecular Hbond substituents is 1. The zero-order valence-electron chi connectivity index (χ0n) is 32.3. The Balaban J connectivity index is 1.60. The molecule has 1 saturated heterocycles. The smallest absolute Gasteiger partial charge is 0.248 e. The second kappa shape index (κ2) is 17.1. The molecule has 6 rings (SSSR count). The number of hydrogen-bond acceptors (Lipinski definition) is 10. The quantitative estimate of drug-likeness (QED) is 0.256. The van der Waals surface area contributed by atoms with Gasteiger partial charge in [-0.2, -0.15) is 0 Å². The lowest BCUT2D eigenvalue weighted by atomic mass is 9.96. The van der Waals surface area contributed by atoms with E-state index in [1.165, 1.54) is 90.3 Å². The van der Waals surface area contributed by atoms with Crippen molar-refractivity contribution < 1.29 is 48.5 Å². The van der Waals surface area contributed by atoms with Gasteiger partial charge < -0.3 is 50.3 Å². The largest absolute Gasteiger partial charge is 0.504 e. The average molecular weight is 773 g/mol. The summed E-state index contributed by atoms with van der Waals surface area (Å²) in [6, 6.07) is 9.63. The molecular formula is C40H48N6O10. The van der Waals surface area contributed by atoms with Crippen LogP contribution in [0.5, 0.6) is 23.0 Å². The van der Waals surface area contributed by atoms with Gasteiger partial charge in [-0.3, -0.25) is 28.8 Å². The standard InChI is InChI=1S/C40H48N6O10/c1-21-35(49)42-22(2)38(52)44(4)29(18-24-8-13-27(55-7)14-9-24)37(51)43-23(3)39(53)46(6)33-34(48)26-11-15-28(16-12-26)56-32-20-25(10-17-31(32)47)19-30(36(50)41-21)45(5)40(33)54/h8-17,20-23,29-30,33-34,47-48H,18-19H2,1-7H3,(H,41,50)(H,42,49)(H,43,51)/t21-,22+,23+,29+,30-,33-,34-/m0/s1. The van der Waals surface area contributed by atoms with E-state index in [2.05, 4.69) is 16.0 Å². The van der Waals surface area contributed by atoms with E-state index in [9.17, 15) is 39.0 Å². The molecule has 0 saturated carbocycles. The van der Waals surface area contributed by atoms with Crippen LogP contribution in [0.4, 0.5) is 0 Å². The second-order valence-electron chi connectivity index (χ2n) is 14.2. The van der Waals surface area contributed by atoms with Crippen LogP contribution in [0.2, 0.25) is 0 Å². The maximum atomic E-state index is 14.6. The highest BCUT2D eigenvalue weighted by molar-refractivity contribution is 5.98. The molecule has 3 aliphatic heterocycles. The fourth-order valence-electron chi connectivity index (χ4n) is 6.75. The van der Waals surface area contributed by atoms with Crippen LogP contribution in [-0.2, 0) is 41.6 Å². The minimum absolute atomic E-state index is 0.0240. The van der Waals surface area contributed by atoms with Gasteiger partial charge in [0.05, 0.1) is 7.11 Å². The van der Waals surface area contributed by atoms with E-state index in [4.69, 9.17) is 9.47 Å². The van der Waals surface area contributed by atoms with Crippen LogP contribution >= 0.6 is 0 Å². The summed E-state index contributed by atoms with van der Waals surface area (Å²) >= 11 is 0. The third kappa shape index (κ3) is 8.86. The number of carbonyl (C=O) groups is 6. The Morgan fingerprint density at radius 1 is 0.714 bits per heavy atom. The molecule has 0 aliphatic carbocycles. The predicted molar refractivity (Wildman–Crippen MR) is 202 cm³/mol. The van der Waals surface area contributed by atoms with Crippen LogP contribution in [0.1, 0.15) is 43.6 Å². The van der Waals surface area contributed by atoms with Gasteiger partial charge in [-0.25, -0.2) is 0 Å². The van der Waals surface area contributed by atoms with E-state index < -0.39 is 77.8 Å². The molecule has 3 aromatic carbocycles. The van der Waals surface area contributed by atoms with Gasteiger partial charge in [-0.15, -0.1) is 0 Å². The number of amides is 6. The molecule has 0 spiro atoms. The van der Waals surface area contributed by atoms with E-state index in [1.54, 1.807) is 30.3 Å². The third-order valence-electron chi connectivity index (χ3n) is 10.3. The van der Waals surface area contributed by atoms with Crippen molar-refractivity contribution in [2.75, 3.05) is 28.3 Å². The summed E-state index contributed by atoms with van der Waals surface area (Å²) in [5.74, 6) is -3.58. The predicted octanol–water partition coefficient (Wildman–Crippen LogP) is 1.03. The molecule has 0 radical (unpaired) electrons. The Hall–Kier alpha value is -6.16. The van der Waals surface area contributed by atoms with Gasteiger partial charge in [0, 0.05) is 34.0 Å². The Bertz CT molecular complexity index is 1970. The van der Waals surface area contributed by atoms with Gasteiger partial charge >= 0.3 is 0 Å². The lowest BCUT2D eigenvalue weighted by Crippen LogP contribution is -2.62. The number of benzene rings is 3. The number of carbonyl (C=O) groups excluding carboxylic acids is 6. The highest BCUT2D eigenvalue weighted by atomic mass is 16.5. The summed E-state index contributed by atoms with van der Waals surface area (Å²) in [5.41, 5.74) is 1.36. The Kier molecular flexibility index (Phi) is 12.5. The molecule has 0 unspecified atom stereocenters. The second-order valence-corrected chi connectivity index (χ2v) is 14.2. The maximum absolute atomic E-state index is 14.6. The first kappa shape index (κ1) is 41.0. The van der Waals surface area contributed by atoms with Gasteiger partial charge in [0.1, 0.15) is 53.9 Å². The lowest BCUT2D eigenvalue weighted by molar-refractivity contribution is -0.153. The fourth-order valence-corrected chi connectivity index (χ4v) is 6.75. The molecule has 3 heterocycles.